The zero-order chi connectivity index (χ0) is 20.0. The Kier molecular flexibility index (Phi) is 5.30. The van der Waals surface area contributed by atoms with Crippen molar-refractivity contribution in [1.29, 1.82) is 0 Å². The lowest BCUT2D eigenvalue weighted by Gasteiger charge is -2.20. The van der Waals surface area contributed by atoms with E-state index in [4.69, 9.17) is 0 Å². The molecule has 0 N–H and O–H groups in total. The molecule has 4 nitrogen and oxygen atoms in total. The predicted octanol–water partition coefficient (Wildman–Crippen LogP) is 4.86. The molecule has 0 bridgehead atoms. The van der Waals surface area contributed by atoms with Crippen LogP contribution in [0.4, 0.5) is 0 Å². The van der Waals surface area contributed by atoms with Crippen molar-refractivity contribution < 1.29 is 13.2 Å². The molecule has 1 aliphatic carbocycles. The number of hydrogen-bond donors (Lipinski definition) is 0. The standard InChI is InChI=1S/C21H26BrNO3S/c1-15-8-7-12-21(4)19(14-20(2,3)13-11-17(15)24)23(21)27(25,26)18-10-6-5-9-16(18)22/h5-6,8-11,13,19H,7,12,14H2,1-4H3/b13-11+,15-8+/t19-,21+,23?/m1/s1. The second-order valence-electron chi connectivity index (χ2n) is 8.42. The molecular weight excluding hydrogens is 426 g/mol. The van der Waals surface area contributed by atoms with Gasteiger partial charge in [-0.15, -0.1) is 0 Å². The highest BCUT2D eigenvalue weighted by molar-refractivity contribution is 9.10. The van der Waals surface area contributed by atoms with E-state index < -0.39 is 15.6 Å². The Morgan fingerprint density at radius 3 is 2.52 bits per heavy atom. The second kappa shape index (κ2) is 6.98. The fourth-order valence-corrected chi connectivity index (χ4v) is 6.96. The van der Waals surface area contributed by atoms with Gasteiger partial charge < -0.3 is 0 Å². The summed E-state index contributed by atoms with van der Waals surface area (Å²) >= 11 is 3.38. The van der Waals surface area contributed by atoms with Gasteiger partial charge in [-0.1, -0.05) is 38.1 Å². The molecule has 0 aromatic heterocycles. The van der Waals surface area contributed by atoms with Crippen LogP contribution >= 0.6 is 15.9 Å². The summed E-state index contributed by atoms with van der Waals surface area (Å²) < 4.78 is 29.0. The third-order valence-electron chi connectivity index (χ3n) is 5.71. The summed E-state index contributed by atoms with van der Waals surface area (Å²) in [7, 11) is -3.60. The van der Waals surface area contributed by atoms with Crippen molar-refractivity contribution in [3.63, 3.8) is 0 Å². The fraction of sp³-hybridized carbons (Fsp3) is 0.476. The van der Waals surface area contributed by atoms with Crippen LogP contribution in [0.15, 0.2) is 57.4 Å². The van der Waals surface area contributed by atoms with Crippen LogP contribution in [0.3, 0.4) is 0 Å². The van der Waals surface area contributed by atoms with Gasteiger partial charge in [0.25, 0.3) is 0 Å². The van der Waals surface area contributed by atoms with Gasteiger partial charge in [-0.05, 0) is 78.2 Å². The molecule has 0 spiro atoms. The molecule has 27 heavy (non-hydrogen) atoms. The Hall–Kier alpha value is -1.24. The number of carbonyl (C=O) groups is 1. The first-order chi connectivity index (χ1) is 12.5. The summed E-state index contributed by atoms with van der Waals surface area (Å²) in [5, 5.41) is 0. The highest BCUT2D eigenvalue weighted by Gasteiger charge is 2.65. The third kappa shape index (κ3) is 3.84. The first kappa shape index (κ1) is 20.5. The van der Waals surface area contributed by atoms with E-state index in [-0.39, 0.29) is 17.2 Å². The number of ketones is 1. The van der Waals surface area contributed by atoms with Gasteiger partial charge in [-0.3, -0.25) is 4.79 Å². The molecule has 146 valence electrons. The summed E-state index contributed by atoms with van der Waals surface area (Å²) in [6.07, 6.45) is 7.53. The Balaban J connectivity index is 2.00. The van der Waals surface area contributed by atoms with Gasteiger partial charge in [0.1, 0.15) is 0 Å². The molecule has 3 rings (SSSR count). The zero-order valence-corrected chi connectivity index (χ0v) is 18.6. The van der Waals surface area contributed by atoms with E-state index in [0.717, 1.165) is 0 Å². The number of benzene rings is 1. The summed E-state index contributed by atoms with van der Waals surface area (Å²) in [6.45, 7) is 7.94. The maximum Gasteiger partial charge on any atom is 0.245 e. The van der Waals surface area contributed by atoms with Crippen LogP contribution in [0.5, 0.6) is 0 Å². The number of sulfonamides is 1. The van der Waals surface area contributed by atoms with Crippen molar-refractivity contribution in [3.05, 3.63) is 52.5 Å². The van der Waals surface area contributed by atoms with Crippen molar-refractivity contribution >= 4 is 31.7 Å². The minimum absolute atomic E-state index is 0.0292. The van der Waals surface area contributed by atoms with E-state index in [9.17, 15) is 13.2 Å². The lowest BCUT2D eigenvalue weighted by Crippen LogP contribution is -2.21. The van der Waals surface area contributed by atoms with E-state index in [1.807, 2.05) is 32.1 Å². The lowest BCUT2D eigenvalue weighted by atomic mass is 9.84. The monoisotopic (exact) mass is 451 g/mol. The molecule has 0 amide bonds. The van der Waals surface area contributed by atoms with Crippen LogP contribution in [-0.4, -0.2) is 30.1 Å². The SMILES string of the molecule is C/C1=C\CC[C@@]2(C)[C@@H](CC(C)(C)/C=C/C1=O)N2S(=O)(=O)c1ccccc1Br. The second-order valence-corrected chi connectivity index (χ2v) is 11.1. The number of fused-ring (bicyclic) bond motifs is 1. The summed E-state index contributed by atoms with van der Waals surface area (Å²) in [5.41, 5.74) is -0.00157. The number of nitrogens with zero attached hydrogens (tertiary/aromatic N) is 1. The highest BCUT2D eigenvalue weighted by Crippen LogP contribution is 2.54. The first-order valence-electron chi connectivity index (χ1n) is 9.18. The topological polar surface area (TPSA) is 54.2 Å². The van der Waals surface area contributed by atoms with Crippen LogP contribution < -0.4 is 0 Å². The minimum atomic E-state index is -3.60. The molecule has 1 aromatic rings. The number of rotatable bonds is 2. The van der Waals surface area contributed by atoms with Crippen molar-refractivity contribution in [2.24, 2.45) is 5.41 Å². The quantitative estimate of drug-likeness (QED) is 0.602. The average Bonchev–Trinajstić information content (AvgIpc) is 3.15. The molecule has 0 radical (unpaired) electrons. The molecule has 1 saturated heterocycles. The predicted molar refractivity (Wildman–Crippen MR) is 111 cm³/mol. The Morgan fingerprint density at radius 1 is 1.19 bits per heavy atom. The molecule has 0 saturated carbocycles. The van der Waals surface area contributed by atoms with Gasteiger partial charge in [0, 0.05) is 10.5 Å². The molecule has 2 aliphatic rings. The van der Waals surface area contributed by atoms with E-state index in [0.29, 0.717) is 34.2 Å². The Bertz CT molecular complexity index is 933. The van der Waals surface area contributed by atoms with Gasteiger partial charge in [-0.2, -0.15) is 4.31 Å². The van der Waals surface area contributed by atoms with Crippen molar-refractivity contribution in [3.8, 4) is 0 Å². The van der Waals surface area contributed by atoms with E-state index >= 15 is 0 Å². The summed E-state index contributed by atoms with van der Waals surface area (Å²) in [6, 6.07) is 6.87. The minimum Gasteiger partial charge on any atom is -0.290 e. The third-order valence-corrected chi connectivity index (χ3v) is 8.76. The Labute approximate surface area is 170 Å². The molecular formula is C21H26BrNO3S. The summed E-state index contributed by atoms with van der Waals surface area (Å²) in [5.74, 6) is 0.0292. The number of halogens is 1. The van der Waals surface area contributed by atoms with Gasteiger partial charge in [0.15, 0.2) is 5.78 Å². The van der Waals surface area contributed by atoms with Gasteiger partial charge in [0.05, 0.1) is 10.4 Å². The van der Waals surface area contributed by atoms with Crippen molar-refractivity contribution in [2.75, 3.05) is 0 Å². The molecule has 1 aromatic carbocycles. The van der Waals surface area contributed by atoms with Crippen molar-refractivity contribution in [2.45, 2.75) is 63.4 Å². The molecule has 1 aliphatic heterocycles. The van der Waals surface area contributed by atoms with Gasteiger partial charge in [-0.25, -0.2) is 8.42 Å². The Morgan fingerprint density at radius 2 is 1.85 bits per heavy atom. The number of carbonyl (C=O) groups excluding carboxylic acids is 1. The lowest BCUT2D eigenvalue weighted by molar-refractivity contribution is -0.111. The molecule has 1 heterocycles. The number of allylic oxidation sites excluding steroid dienone is 4. The smallest absolute Gasteiger partial charge is 0.245 e. The summed E-state index contributed by atoms with van der Waals surface area (Å²) in [4.78, 5) is 12.5. The highest BCUT2D eigenvalue weighted by atomic mass is 79.9. The van der Waals surface area contributed by atoms with Crippen LogP contribution in [0, 0.1) is 5.41 Å². The molecule has 1 unspecified atom stereocenters. The van der Waals surface area contributed by atoms with Gasteiger partial charge >= 0.3 is 0 Å². The largest absolute Gasteiger partial charge is 0.290 e. The zero-order valence-electron chi connectivity index (χ0n) is 16.2. The maximum absolute atomic E-state index is 13.4. The van der Waals surface area contributed by atoms with Crippen LogP contribution in [0.2, 0.25) is 0 Å². The van der Waals surface area contributed by atoms with E-state index in [1.54, 1.807) is 28.6 Å². The van der Waals surface area contributed by atoms with Crippen molar-refractivity contribution in [1.82, 2.24) is 4.31 Å². The van der Waals surface area contributed by atoms with E-state index in [2.05, 4.69) is 29.8 Å². The molecule has 6 heteroatoms. The molecule has 1 fully saturated rings. The van der Waals surface area contributed by atoms with Crippen LogP contribution in [-0.2, 0) is 14.8 Å². The fourth-order valence-electron chi connectivity index (χ4n) is 3.93. The first-order valence-corrected chi connectivity index (χ1v) is 11.4. The number of hydrogen-bond acceptors (Lipinski definition) is 3. The van der Waals surface area contributed by atoms with Gasteiger partial charge in [0.2, 0.25) is 10.0 Å². The van der Waals surface area contributed by atoms with Crippen LogP contribution in [0.1, 0.15) is 47.0 Å². The molecule has 3 atom stereocenters. The normalized spacial score (nSPS) is 34.0. The van der Waals surface area contributed by atoms with Crippen LogP contribution in [0.25, 0.3) is 0 Å². The van der Waals surface area contributed by atoms with E-state index in [1.165, 1.54) is 0 Å². The maximum atomic E-state index is 13.4. The average molecular weight is 452 g/mol.